The quantitative estimate of drug-likeness (QED) is 0.459. The number of ether oxygens (including phenoxy) is 2. The largest absolute Gasteiger partial charge is 0.478 e. The van der Waals surface area contributed by atoms with E-state index in [1.54, 1.807) is 43.3 Å². The Morgan fingerprint density at radius 1 is 0.778 bits per heavy atom. The van der Waals surface area contributed by atoms with Gasteiger partial charge in [-0.05, 0) is 50.2 Å². The van der Waals surface area contributed by atoms with Crippen molar-refractivity contribution in [2.75, 3.05) is 5.32 Å². The molecule has 182 valence electrons. The highest BCUT2D eigenvalue weighted by molar-refractivity contribution is 6.02. The molecule has 1 amide bonds. The van der Waals surface area contributed by atoms with Gasteiger partial charge >= 0.3 is 17.9 Å². The number of hydrogen-bond acceptors (Lipinski definition) is 7. The highest BCUT2D eigenvalue weighted by Gasteiger charge is 2.41. The summed E-state index contributed by atoms with van der Waals surface area (Å²) in [7, 11) is 0. The number of aryl methyl sites for hydroxylation is 2. The molecule has 9 nitrogen and oxygen atoms in total. The molecule has 0 aliphatic carbocycles. The van der Waals surface area contributed by atoms with E-state index in [9.17, 15) is 29.5 Å². The van der Waals surface area contributed by atoms with Gasteiger partial charge in [0.25, 0.3) is 5.91 Å². The third-order valence-electron chi connectivity index (χ3n) is 5.12. The molecular weight excluding hydrogens is 464 g/mol. The highest BCUT2D eigenvalue weighted by atomic mass is 16.6. The van der Waals surface area contributed by atoms with Gasteiger partial charge in [-0.1, -0.05) is 47.5 Å². The average molecular weight is 486 g/mol. The van der Waals surface area contributed by atoms with Crippen molar-refractivity contribution < 1.29 is 33.8 Å². The van der Waals surface area contributed by atoms with Gasteiger partial charge in [0.15, 0.2) is 0 Å². The van der Waals surface area contributed by atoms with E-state index in [2.05, 4.69) is 5.32 Å². The first-order valence-corrected chi connectivity index (χ1v) is 10.8. The van der Waals surface area contributed by atoms with Crippen LogP contribution in [0.1, 0.15) is 37.4 Å². The van der Waals surface area contributed by atoms with Crippen LogP contribution in [0.5, 0.6) is 0 Å². The summed E-state index contributed by atoms with van der Waals surface area (Å²) in [6.45, 7) is 3.61. The first kappa shape index (κ1) is 25.6. The van der Waals surface area contributed by atoms with Crippen molar-refractivity contribution in [3.8, 4) is 6.07 Å². The van der Waals surface area contributed by atoms with Crippen molar-refractivity contribution in [2.45, 2.75) is 26.1 Å². The fourth-order valence-corrected chi connectivity index (χ4v) is 3.13. The maximum atomic E-state index is 13.2. The first-order chi connectivity index (χ1) is 17.2. The molecule has 0 aromatic heterocycles. The van der Waals surface area contributed by atoms with E-state index < -0.39 is 36.0 Å². The molecule has 3 aromatic carbocycles. The topological polar surface area (TPSA) is 143 Å². The Morgan fingerprint density at radius 2 is 1.25 bits per heavy atom. The summed E-state index contributed by atoms with van der Waals surface area (Å²) in [5.74, 6) is -4.83. The summed E-state index contributed by atoms with van der Waals surface area (Å²) in [5.41, 5.74) is 2.00. The van der Waals surface area contributed by atoms with Crippen LogP contribution in [0.25, 0.3) is 0 Å². The Kier molecular flexibility index (Phi) is 8.15. The normalized spacial score (nSPS) is 11.9. The van der Waals surface area contributed by atoms with Gasteiger partial charge in [0.05, 0.1) is 22.4 Å². The Hall–Kier alpha value is -4.97. The number of anilines is 1. The number of rotatable bonds is 8. The Morgan fingerprint density at radius 3 is 1.72 bits per heavy atom. The molecule has 0 aliphatic heterocycles. The van der Waals surface area contributed by atoms with Crippen molar-refractivity contribution >= 4 is 29.5 Å². The number of aliphatic carboxylic acids is 1. The van der Waals surface area contributed by atoms with Crippen LogP contribution in [-0.2, 0) is 19.1 Å². The maximum Gasteiger partial charge on any atom is 0.349 e. The lowest BCUT2D eigenvalue weighted by molar-refractivity contribution is -0.157. The molecule has 36 heavy (non-hydrogen) atoms. The number of esters is 2. The van der Waals surface area contributed by atoms with E-state index in [0.29, 0.717) is 0 Å². The zero-order valence-electron chi connectivity index (χ0n) is 19.4. The molecule has 9 heteroatoms. The molecule has 2 N–H and O–H groups in total. The number of benzene rings is 3. The van der Waals surface area contributed by atoms with Gasteiger partial charge in [0, 0.05) is 0 Å². The molecule has 0 aliphatic rings. The van der Waals surface area contributed by atoms with Crippen molar-refractivity contribution in [2.24, 2.45) is 0 Å². The molecular formula is C27H22N2O7. The zero-order chi connectivity index (χ0) is 26.2. The van der Waals surface area contributed by atoms with E-state index in [4.69, 9.17) is 9.47 Å². The van der Waals surface area contributed by atoms with Gasteiger partial charge in [-0.15, -0.1) is 0 Å². The molecule has 0 heterocycles. The second kappa shape index (κ2) is 11.4. The molecule has 0 saturated heterocycles. The van der Waals surface area contributed by atoms with Crippen molar-refractivity contribution in [3.05, 3.63) is 101 Å². The molecule has 0 unspecified atom stereocenters. The lowest BCUT2D eigenvalue weighted by atomic mass is 10.1. The zero-order valence-corrected chi connectivity index (χ0v) is 19.4. The van der Waals surface area contributed by atoms with Crippen molar-refractivity contribution in [1.29, 1.82) is 5.26 Å². The average Bonchev–Trinajstić information content (AvgIpc) is 2.86. The highest BCUT2D eigenvalue weighted by Crippen LogP contribution is 2.18. The Bertz CT molecular complexity index is 1330. The molecule has 0 fully saturated rings. The number of carboxylic acid groups (broad SMARTS) is 1. The third-order valence-corrected chi connectivity index (χ3v) is 5.12. The second-order valence-electron chi connectivity index (χ2n) is 7.87. The number of nitriles is 1. The number of carboxylic acids is 1. The van der Waals surface area contributed by atoms with Crippen LogP contribution in [0.15, 0.2) is 72.8 Å². The van der Waals surface area contributed by atoms with E-state index in [1.165, 1.54) is 36.4 Å². The van der Waals surface area contributed by atoms with Gasteiger partial charge in [0.1, 0.15) is 6.07 Å². The standard InChI is InChI=1S/C27H22N2O7/c1-16-7-11-18(12-8-16)26(33)35-22(24(30)29-21-6-4-3-5-20(21)15-28)23(25(31)32)36-27(34)19-13-9-17(2)10-14-19/h3-14,22-23H,1-2H3,(H,29,30)(H,31,32)/t22-,23-/m0/s1. The summed E-state index contributed by atoms with van der Waals surface area (Å²) < 4.78 is 10.4. The van der Waals surface area contributed by atoms with Crippen molar-refractivity contribution in [3.63, 3.8) is 0 Å². The predicted molar refractivity (Wildman–Crippen MR) is 128 cm³/mol. The number of nitrogens with zero attached hydrogens (tertiary/aromatic N) is 1. The van der Waals surface area contributed by atoms with Crippen LogP contribution >= 0.6 is 0 Å². The summed E-state index contributed by atoms with van der Waals surface area (Å²) in [6, 6.07) is 20.2. The number of hydrogen-bond donors (Lipinski definition) is 2. The predicted octanol–water partition coefficient (Wildman–Crippen LogP) is 3.65. The summed E-state index contributed by atoms with van der Waals surface area (Å²) in [5, 5.41) is 21.5. The van der Waals surface area contributed by atoms with Crippen LogP contribution < -0.4 is 5.32 Å². The molecule has 3 rings (SSSR count). The summed E-state index contributed by atoms with van der Waals surface area (Å²) in [6.07, 6.45) is -4.25. The van der Waals surface area contributed by atoms with Gasteiger partial charge in [-0.3, -0.25) is 4.79 Å². The van der Waals surface area contributed by atoms with Gasteiger partial charge < -0.3 is 19.9 Å². The number of carbonyl (C=O) groups is 4. The molecule has 0 bridgehead atoms. The van der Waals surface area contributed by atoms with Crippen LogP contribution in [-0.4, -0.2) is 41.1 Å². The monoisotopic (exact) mass is 486 g/mol. The van der Waals surface area contributed by atoms with Crippen LogP contribution in [0.4, 0.5) is 5.69 Å². The first-order valence-electron chi connectivity index (χ1n) is 10.8. The van der Waals surface area contributed by atoms with E-state index in [1.807, 2.05) is 13.0 Å². The Balaban J connectivity index is 1.94. The van der Waals surface area contributed by atoms with Gasteiger partial charge in [-0.25, -0.2) is 14.4 Å². The fraction of sp³-hybridized carbons (Fsp3) is 0.148. The van der Waals surface area contributed by atoms with E-state index in [0.717, 1.165) is 11.1 Å². The lowest BCUT2D eigenvalue weighted by Gasteiger charge is -2.24. The minimum atomic E-state index is -2.18. The minimum Gasteiger partial charge on any atom is -0.478 e. The lowest BCUT2D eigenvalue weighted by Crippen LogP contribution is -2.48. The molecule has 0 saturated carbocycles. The number of nitrogens with one attached hydrogen (secondary N) is 1. The minimum absolute atomic E-state index is 0.0469. The van der Waals surface area contributed by atoms with E-state index >= 15 is 0 Å². The second-order valence-corrected chi connectivity index (χ2v) is 7.87. The van der Waals surface area contributed by atoms with Gasteiger partial charge in [0.2, 0.25) is 12.2 Å². The van der Waals surface area contributed by atoms with Crippen LogP contribution in [0.3, 0.4) is 0 Å². The van der Waals surface area contributed by atoms with Crippen LogP contribution in [0, 0.1) is 25.2 Å². The molecule has 3 aromatic rings. The molecule has 0 radical (unpaired) electrons. The van der Waals surface area contributed by atoms with Crippen LogP contribution in [0.2, 0.25) is 0 Å². The third kappa shape index (κ3) is 6.33. The smallest absolute Gasteiger partial charge is 0.349 e. The molecule has 0 spiro atoms. The van der Waals surface area contributed by atoms with E-state index in [-0.39, 0.29) is 22.4 Å². The molecule has 2 atom stereocenters. The summed E-state index contributed by atoms with van der Waals surface area (Å²) in [4.78, 5) is 50.7. The maximum absolute atomic E-state index is 13.2. The number of carbonyl (C=O) groups excluding carboxylic acids is 3. The SMILES string of the molecule is Cc1ccc(C(=O)O[C@H](C(=O)O)[C@H](OC(=O)c2ccc(C)cc2)C(=O)Nc2ccccc2C#N)cc1. The van der Waals surface area contributed by atoms with Crippen molar-refractivity contribution in [1.82, 2.24) is 0 Å². The Labute approximate surface area is 206 Å². The number of amides is 1. The summed E-state index contributed by atoms with van der Waals surface area (Å²) >= 11 is 0. The fourth-order valence-electron chi connectivity index (χ4n) is 3.13. The number of para-hydroxylation sites is 1. The van der Waals surface area contributed by atoms with Gasteiger partial charge in [-0.2, -0.15) is 5.26 Å².